The molecule has 2 saturated heterocycles. The molecule has 0 spiro atoms. The van der Waals surface area contributed by atoms with E-state index in [0.29, 0.717) is 6.17 Å². The molecule has 0 aromatic rings. The number of rotatable bonds is 1. The van der Waals surface area contributed by atoms with Crippen molar-refractivity contribution < 1.29 is 4.74 Å². The van der Waals surface area contributed by atoms with Crippen LogP contribution in [0.5, 0.6) is 0 Å². The van der Waals surface area contributed by atoms with E-state index in [-0.39, 0.29) is 0 Å². The highest BCUT2D eigenvalue weighted by atomic mass is 16.5. The number of hydrogen-bond acceptors (Lipinski definition) is 3. The fourth-order valence-corrected chi connectivity index (χ4v) is 2.27. The summed E-state index contributed by atoms with van der Waals surface area (Å²) < 4.78 is 5.52. The molecule has 1 atom stereocenters. The van der Waals surface area contributed by atoms with Gasteiger partial charge < -0.3 is 4.74 Å². The first-order valence-corrected chi connectivity index (χ1v) is 5.40. The number of likely N-dealkylation sites (tertiary alicyclic amines) is 1. The minimum Gasteiger partial charge on any atom is -0.377 e. The molecule has 3 heteroatoms. The van der Waals surface area contributed by atoms with Crippen LogP contribution in [0.15, 0.2) is 0 Å². The minimum absolute atomic E-state index is 0.550. The van der Waals surface area contributed by atoms with Gasteiger partial charge in [-0.15, -0.1) is 0 Å². The Labute approximate surface area is 80.6 Å². The summed E-state index contributed by atoms with van der Waals surface area (Å²) in [6.45, 7) is 5.41. The molecule has 13 heavy (non-hydrogen) atoms. The summed E-state index contributed by atoms with van der Waals surface area (Å²) in [6, 6.07) is 0. The molecule has 0 bridgehead atoms. The monoisotopic (exact) mass is 184 g/mol. The van der Waals surface area contributed by atoms with Gasteiger partial charge in [-0.05, 0) is 33.0 Å². The Morgan fingerprint density at radius 1 is 1.08 bits per heavy atom. The van der Waals surface area contributed by atoms with Crippen LogP contribution in [0, 0.1) is 0 Å². The molecule has 0 aromatic heterocycles. The van der Waals surface area contributed by atoms with Crippen LogP contribution in [-0.4, -0.2) is 55.9 Å². The smallest absolute Gasteiger partial charge is 0.0862 e. The van der Waals surface area contributed by atoms with Gasteiger partial charge in [-0.25, -0.2) is 0 Å². The Balaban J connectivity index is 1.88. The van der Waals surface area contributed by atoms with Crippen molar-refractivity contribution in [2.75, 3.05) is 39.9 Å². The predicted octanol–water partition coefficient (Wildman–Crippen LogP) is 0.760. The normalized spacial score (nSPS) is 33.5. The summed E-state index contributed by atoms with van der Waals surface area (Å²) in [5.74, 6) is 0. The van der Waals surface area contributed by atoms with E-state index in [4.69, 9.17) is 4.74 Å². The first-order valence-electron chi connectivity index (χ1n) is 5.40. The molecule has 2 heterocycles. The summed E-state index contributed by atoms with van der Waals surface area (Å²) in [5.41, 5.74) is 0. The van der Waals surface area contributed by atoms with Crippen molar-refractivity contribution in [1.29, 1.82) is 0 Å². The van der Waals surface area contributed by atoms with Gasteiger partial charge in [-0.3, -0.25) is 9.80 Å². The van der Waals surface area contributed by atoms with Crippen LogP contribution in [0.3, 0.4) is 0 Å². The molecular weight excluding hydrogens is 164 g/mol. The van der Waals surface area contributed by atoms with Crippen molar-refractivity contribution in [2.45, 2.75) is 25.4 Å². The van der Waals surface area contributed by atoms with Crippen LogP contribution in [0.4, 0.5) is 0 Å². The zero-order valence-corrected chi connectivity index (χ0v) is 8.54. The lowest BCUT2D eigenvalue weighted by molar-refractivity contribution is -0.0695. The zero-order chi connectivity index (χ0) is 9.10. The van der Waals surface area contributed by atoms with Crippen LogP contribution in [0.1, 0.15) is 19.3 Å². The van der Waals surface area contributed by atoms with Crippen molar-refractivity contribution in [3.8, 4) is 0 Å². The Hall–Kier alpha value is -0.120. The van der Waals surface area contributed by atoms with Gasteiger partial charge in [0.1, 0.15) is 0 Å². The van der Waals surface area contributed by atoms with Gasteiger partial charge in [0.2, 0.25) is 0 Å². The lowest BCUT2D eigenvalue weighted by atomic mass is 10.1. The quantitative estimate of drug-likeness (QED) is 0.598. The summed E-state index contributed by atoms with van der Waals surface area (Å²) in [4.78, 5) is 5.00. The van der Waals surface area contributed by atoms with E-state index in [1.54, 1.807) is 0 Å². The van der Waals surface area contributed by atoms with Gasteiger partial charge in [-0.2, -0.15) is 0 Å². The van der Waals surface area contributed by atoms with Gasteiger partial charge in [0.15, 0.2) is 0 Å². The van der Waals surface area contributed by atoms with Crippen molar-refractivity contribution in [1.82, 2.24) is 9.80 Å². The average molecular weight is 184 g/mol. The van der Waals surface area contributed by atoms with Crippen molar-refractivity contribution in [3.63, 3.8) is 0 Å². The number of likely N-dealkylation sites (N-methyl/N-ethyl adjacent to an activating group) is 1. The maximum atomic E-state index is 5.52. The third kappa shape index (κ3) is 2.22. The summed E-state index contributed by atoms with van der Waals surface area (Å²) in [6.07, 6.45) is 4.69. The van der Waals surface area contributed by atoms with Gasteiger partial charge in [0.05, 0.1) is 19.4 Å². The van der Waals surface area contributed by atoms with Crippen molar-refractivity contribution in [2.24, 2.45) is 0 Å². The van der Waals surface area contributed by atoms with Crippen LogP contribution < -0.4 is 0 Å². The second-order valence-electron chi connectivity index (χ2n) is 4.13. The number of morpholine rings is 1. The Kier molecular flexibility index (Phi) is 3.19. The molecule has 2 aliphatic heterocycles. The largest absolute Gasteiger partial charge is 0.377 e. The van der Waals surface area contributed by atoms with Crippen molar-refractivity contribution in [3.05, 3.63) is 0 Å². The summed E-state index contributed by atoms with van der Waals surface area (Å²) in [5, 5.41) is 0. The lowest BCUT2D eigenvalue weighted by Crippen LogP contribution is -2.54. The van der Waals surface area contributed by atoms with E-state index in [0.717, 1.165) is 19.8 Å². The summed E-state index contributed by atoms with van der Waals surface area (Å²) in [7, 11) is 2.21. The molecule has 0 saturated carbocycles. The standard InChI is InChI=1S/C10H20N2O/c1-11-7-8-13-9-10(11)12-5-3-2-4-6-12/h10H,2-9H2,1H3/t10-/m1/s1. The van der Waals surface area contributed by atoms with E-state index in [1.807, 2.05) is 0 Å². The fraction of sp³-hybridized carbons (Fsp3) is 1.00. The minimum atomic E-state index is 0.550. The van der Waals surface area contributed by atoms with Gasteiger partial charge >= 0.3 is 0 Å². The van der Waals surface area contributed by atoms with Gasteiger partial charge in [0, 0.05) is 6.54 Å². The predicted molar refractivity (Wildman–Crippen MR) is 52.7 cm³/mol. The SMILES string of the molecule is CN1CCOC[C@H]1N1CCCCC1. The molecule has 0 aromatic carbocycles. The number of nitrogens with zero attached hydrogens (tertiary/aromatic N) is 2. The number of hydrogen-bond donors (Lipinski definition) is 0. The average Bonchev–Trinajstić information content (AvgIpc) is 2.20. The van der Waals surface area contributed by atoms with Crippen molar-refractivity contribution >= 4 is 0 Å². The highest BCUT2D eigenvalue weighted by Gasteiger charge is 2.26. The molecular formula is C10H20N2O. The Morgan fingerprint density at radius 2 is 1.85 bits per heavy atom. The summed E-state index contributed by atoms with van der Waals surface area (Å²) >= 11 is 0. The number of piperidine rings is 1. The molecule has 2 aliphatic rings. The highest BCUT2D eigenvalue weighted by Crippen LogP contribution is 2.16. The van der Waals surface area contributed by atoms with Gasteiger partial charge in [0.25, 0.3) is 0 Å². The van der Waals surface area contributed by atoms with E-state index >= 15 is 0 Å². The van der Waals surface area contributed by atoms with E-state index < -0.39 is 0 Å². The molecule has 3 nitrogen and oxygen atoms in total. The molecule has 0 unspecified atom stereocenters. The fourth-order valence-electron chi connectivity index (χ4n) is 2.27. The first-order chi connectivity index (χ1) is 6.38. The van der Waals surface area contributed by atoms with Crippen LogP contribution in [-0.2, 0) is 4.74 Å². The second kappa shape index (κ2) is 4.40. The van der Waals surface area contributed by atoms with Crippen LogP contribution in [0.25, 0.3) is 0 Å². The molecule has 0 aliphatic carbocycles. The second-order valence-corrected chi connectivity index (χ2v) is 4.13. The zero-order valence-electron chi connectivity index (χ0n) is 8.54. The maximum absolute atomic E-state index is 5.52. The third-order valence-electron chi connectivity index (χ3n) is 3.18. The Bertz CT molecular complexity index is 157. The molecule has 0 radical (unpaired) electrons. The van der Waals surface area contributed by atoms with Crippen LogP contribution in [0.2, 0.25) is 0 Å². The maximum Gasteiger partial charge on any atom is 0.0862 e. The molecule has 2 rings (SSSR count). The van der Waals surface area contributed by atoms with Gasteiger partial charge in [-0.1, -0.05) is 6.42 Å². The van der Waals surface area contributed by atoms with E-state index in [2.05, 4.69) is 16.8 Å². The molecule has 0 amide bonds. The third-order valence-corrected chi connectivity index (χ3v) is 3.18. The van der Waals surface area contributed by atoms with Crippen LogP contribution >= 0.6 is 0 Å². The molecule has 76 valence electrons. The molecule has 0 N–H and O–H groups in total. The van der Waals surface area contributed by atoms with E-state index in [9.17, 15) is 0 Å². The van der Waals surface area contributed by atoms with E-state index in [1.165, 1.54) is 32.4 Å². The first kappa shape index (κ1) is 9.44. The number of ether oxygens (including phenoxy) is 1. The topological polar surface area (TPSA) is 15.7 Å². The Morgan fingerprint density at radius 3 is 2.54 bits per heavy atom. The molecule has 2 fully saturated rings. The highest BCUT2D eigenvalue weighted by molar-refractivity contribution is 4.76. The lowest BCUT2D eigenvalue weighted by Gasteiger charge is -2.42.